The molecular weight excluding hydrogens is 488 g/mol. The first-order chi connectivity index (χ1) is 17.6. The maximum absolute atomic E-state index is 13.8. The van der Waals surface area contributed by atoms with Crippen LogP contribution in [-0.2, 0) is 29.0 Å². The molecule has 194 valence electrons. The molecule has 2 fully saturated rings. The molecule has 6 rings (SSSR count). The molecule has 10 heteroatoms. The molecule has 3 aromatic heterocycles. The molecule has 2 aliphatic rings. The average Bonchev–Trinajstić information content (AvgIpc) is 3.44. The van der Waals surface area contributed by atoms with Gasteiger partial charge in [0.15, 0.2) is 0 Å². The number of aromatic amines is 1. The van der Waals surface area contributed by atoms with Crippen molar-refractivity contribution in [2.45, 2.75) is 50.5 Å². The third kappa shape index (κ3) is 4.02. The molecule has 9 nitrogen and oxygen atoms in total. The van der Waals surface area contributed by atoms with Gasteiger partial charge in [0.1, 0.15) is 17.7 Å². The van der Waals surface area contributed by atoms with Gasteiger partial charge in [-0.1, -0.05) is 19.1 Å². The Morgan fingerprint density at radius 3 is 2.59 bits per heavy atom. The fraction of sp³-hybridized carbons (Fsp3) is 0.444. The summed E-state index contributed by atoms with van der Waals surface area (Å²) in [6.45, 7) is 2.44. The second-order valence-electron chi connectivity index (χ2n) is 11.0. The fourth-order valence-corrected chi connectivity index (χ4v) is 6.37. The van der Waals surface area contributed by atoms with Crippen LogP contribution in [-0.4, -0.2) is 50.3 Å². The highest BCUT2D eigenvalue weighted by molar-refractivity contribution is 7.88. The van der Waals surface area contributed by atoms with Gasteiger partial charge >= 0.3 is 0 Å². The van der Waals surface area contributed by atoms with Crippen LogP contribution in [0.5, 0.6) is 0 Å². The molecule has 1 aromatic carbocycles. The number of nitrogens with one attached hydrogen (secondary N) is 1. The van der Waals surface area contributed by atoms with Crippen molar-refractivity contribution in [1.82, 2.24) is 28.6 Å². The number of H-pyrrole nitrogens is 1. The molecule has 1 N–H and O–H groups in total. The van der Waals surface area contributed by atoms with Gasteiger partial charge in [0.05, 0.1) is 18.2 Å². The van der Waals surface area contributed by atoms with E-state index in [4.69, 9.17) is 0 Å². The van der Waals surface area contributed by atoms with Crippen LogP contribution in [0.1, 0.15) is 61.2 Å². The lowest BCUT2D eigenvalue weighted by Gasteiger charge is -2.46. The van der Waals surface area contributed by atoms with E-state index >= 15 is 0 Å². The minimum Gasteiger partial charge on any atom is -0.353 e. The van der Waals surface area contributed by atoms with Gasteiger partial charge in [0.2, 0.25) is 10.0 Å². The highest BCUT2D eigenvalue weighted by atomic mass is 32.2. The average molecular weight is 521 g/mol. The van der Waals surface area contributed by atoms with Crippen molar-refractivity contribution in [3.05, 3.63) is 75.9 Å². The SMILES string of the molecule is CC1CC(c2cccc(-n3cc(C4CC4)c4cc(CN(C)S(C)(=O)=O)[nH]c4c3=O)c2)(c2nncn2C)C1. The van der Waals surface area contributed by atoms with E-state index in [2.05, 4.69) is 34.2 Å². The van der Waals surface area contributed by atoms with Crippen LogP contribution in [0.15, 0.2) is 47.7 Å². The third-order valence-corrected chi connectivity index (χ3v) is 9.33. The largest absolute Gasteiger partial charge is 0.353 e. The summed E-state index contributed by atoms with van der Waals surface area (Å²) < 4.78 is 28.9. The lowest BCUT2D eigenvalue weighted by atomic mass is 9.58. The number of benzene rings is 1. The summed E-state index contributed by atoms with van der Waals surface area (Å²) in [4.78, 5) is 17.0. The van der Waals surface area contributed by atoms with Crippen molar-refractivity contribution >= 4 is 20.9 Å². The first kappa shape index (κ1) is 24.1. The molecule has 0 amide bonds. The molecule has 0 spiro atoms. The van der Waals surface area contributed by atoms with Crippen molar-refractivity contribution in [3.8, 4) is 5.69 Å². The molecule has 3 heterocycles. The van der Waals surface area contributed by atoms with Gasteiger partial charge in [-0.3, -0.25) is 9.36 Å². The van der Waals surface area contributed by atoms with E-state index in [1.807, 2.05) is 36.0 Å². The Labute approximate surface area is 216 Å². The number of aryl methyl sites for hydroxylation is 1. The van der Waals surface area contributed by atoms with Gasteiger partial charge in [0.25, 0.3) is 5.56 Å². The molecule has 2 saturated carbocycles. The van der Waals surface area contributed by atoms with Gasteiger partial charge in [-0.05, 0) is 66.8 Å². The Kier molecular flexibility index (Phi) is 5.47. The minimum absolute atomic E-state index is 0.139. The van der Waals surface area contributed by atoms with E-state index in [1.54, 1.807) is 17.9 Å². The number of fused-ring (bicyclic) bond motifs is 1. The van der Waals surface area contributed by atoms with E-state index in [1.165, 1.54) is 10.6 Å². The van der Waals surface area contributed by atoms with Gasteiger partial charge < -0.3 is 9.55 Å². The van der Waals surface area contributed by atoms with Crippen LogP contribution in [0.3, 0.4) is 0 Å². The monoisotopic (exact) mass is 520 g/mol. The zero-order valence-corrected chi connectivity index (χ0v) is 22.4. The van der Waals surface area contributed by atoms with E-state index in [0.29, 0.717) is 23.0 Å². The number of hydrogen-bond donors (Lipinski definition) is 1. The first-order valence-corrected chi connectivity index (χ1v) is 14.6. The third-order valence-electron chi connectivity index (χ3n) is 8.07. The second kappa shape index (κ2) is 8.39. The molecule has 0 unspecified atom stereocenters. The molecule has 4 aromatic rings. The lowest BCUT2D eigenvalue weighted by molar-refractivity contribution is 0.185. The summed E-state index contributed by atoms with van der Waals surface area (Å²) in [5, 5.41) is 9.49. The molecule has 0 aliphatic heterocycles. The number of sulfonamides is 1. The van der Waals surface area contributed by atoms with Crippen molar-refractivity contribution in [1.29, 1.82) is 0 Å². The Balaban J connectivity index is 1.47. The Hall–Kier alpha value is -3.24. The van der Waals surface area contributed by atoms with E-state index in [9.17, 15) is 13.2 Å². The minimum atomic E-state index is -3.34. The molecule has 0 radical (unpaired) electrons. The lowest BCUT2D eigenvalue weighted by Crippen LogP contribution is -2.43. The van der Waals surface area contributed by atoms with E-state index in [-0.39, 0.29) is 17.5 Å². The van der Waals surface area contributed by atoms with Crippen molar-refractivity contribution in [3.63, 3.8) is 0 Å². The maximum Gasteiger partial charge on any atom is 0.279 e. The van der Waals surface area contributed by atoms with Crippen molar-refractivity contribution in [2.24, 2.45) is 13.0 Å². The van der Waals surface area contributed by atoms with Crippen LogP contribution >= 0.6 is 0 Å². The zero-order chi connectivity index (χ0) is 26.1. The maximum atomic E-state index is 13.8. The number of pyridine rings is 1. The normalized spacial score (nSPS) is 22.0. The van der Waals surface area contributed by atoms with Gasteiger partial charge in [0, 0.05) is 37.1 Å². The van der Waals surface area contributed by atoms with Crippen LogP contribution in [0.4, 0.5) is 0 Å². The summed E-state index contributed by atoms with van der Waals surface area (Å²) in [5.41, 5.74) is 3.95. The summed E-state index contributed by atoms with van der Waals surface area (Å²) in [6.07, 6.45) is 9.05. The van der Waals surface area contributed by atoms with E-state index < -0.39 is 10.0 Å². The van der Waals surface area contributed by atoms with Crippen LogP contribution < -0.4 is 5.56 Å². The number of nitrogens with zero attached hydrogens (tertiary/aromatic N) is 5. The Bertz CT molecular complexity index is 1670. The van der Waals surface area contributed by atoms with Crippen LogP contribution in [0.2, 0.25) is 0 Å². The molecule has 0 saturated heterocycles. The number of aromatic nitrogens is 5. The smallest absolute Gasteiger partial charge is 0.279 e. The van der Waals surface area contributed by atoms with Crippen LogP contribution in [0, 0.1) is 5.92 Å². The summed E-state index contributed by atoms with van der Waals surface area (Å²) in [6, 6.07) is 10.2. The zero-order valence-electron chi connectivity index (χ0n) is 21.6. The molecular formula is C27H32N6O3S. The first-order valence-electron chi connectivity index (χ1n) is 12.7. The summed E-state index contributed by atoms with van der Waals surface area (Å²) in [5.74, 6) is 1.95. The predicted octanol–water partition coefficient (Wildman–Crippen LogP) is 3.43. The number of rotatable bonds is 7. The summed E-state index contributed by atoms with van der Waals surface area (Å²) >= 11 is 0. The standard InChI is InChI=1S/C27H32N6O3S/c1-17-12-27(13-17,26-30-28-16-31(26)2)19-6-5-7-21(10-19)33-15-23(18-8-9-18)22-11-20(29-24(22)25(33)34)14-32(3)37(4,35)36/h5-7,10-11,15-18,29H,8-9,12-14H2,1-4H3. The fourth-order valence-electron chi connectivity index (χ4n) is 6.00. The molecule has 37 heavy (non-hydrogen) atoms. The highest BCUT2D eigenvalue weighted by Crippen LogP contribution is 2.51. The second-order valence-corrected chi connectivity index (χ2v) is 13.1. The molecule has 0 atom stereocenters. The van der Waals surface area contributed by atoms with Gasteiger partial charge in [-0.2, -0.15) is 4.31 Å². The predicted molar refractivity (Wildman–Crippen MR) is 142 cm³/mol. The Morgan fingerprint density at radius 1 is 1.22 bits per heavy atom. The number of hydrogen-bond acceptors (Lipinski definition) is 5. The van der Waals surface area contributed by atoms with Gasteiger partial charge in [-0.25, -0.2) is 8.42 Å². The highest BCUT2D eigenvalue weighted by Gasteiger charge is 2.48. The molecule has 0 bridgehead atoms. The summed E-state index contributed by atoms with van der Waals surface area (Å²) in [7, 11) is 0.186. The topological polar surface area (TPSA) is 106 Å². The van der Waals surface area contributed by atoms with Crippen molar-refractivity contribution in [2.75, 3.05) is 13.3 Å². The van der Waals surface area contributed by atoms with Crippen molar-refractivity contribution < 1.29 is 8.42 Å². The van der Waals surface area contributed by atoms with Crippen LogP contribution in [0.25, 0.3) is 16.6 Å². The quantitative estimate of drug-likeness (QED) is 0.402. The van der Waals surface area contributed by atoms with E-state index in [0.717, 1.165) is 53.7 Å². The molecule has 2 aliphatic carbocycles. The van der Waals surface area contributed by atoms with Gasteiger partial charge in [-0.15, -0.1) is 10.2 Å². The Morgan fingerprint density at radius 2 is 1.97 bits per heavy atom.